The van der Waals surface area contributed by atoms with Gasteiger partial charge in [-0.3, -0.25) is 0 Å². The topological polar surface area (TPSA) is 66.0 Å². The van der Waals surface area contributed by atoms with Crippen molar-refractivity contribution in [1.82, 2.24) is 4.57 Å². The van der Waals surface area contributed by atoms with E-state index in [1.54, 1.807) is 0 Å². The standard InChI is InChI=1S/C15H28N2O3S.CH4/c1-2-3-4-5-6-7-10-16-12-13-17(15-16)11-8-9-14-21(18,19)20;/h12-13,15H,2-11,14H2,1H3;1H4. The average molecular weight is 333 g/mol. The van der Waals surface area contributed by atoms with Crippen molar-refractivity contribution in [3.05, 3.63) is 18.7 Å². The molecule has 0 saturated carbocycles. The minimum atomic E-state index is -4.06. The second-order valence-electron chi connectivity index (χ2n) is 5.63. The molecule has 0 atom stereocenters. The van der Waals surface area contributed by atoms with Crippen LogP contribution < -0.4 is 4.57 Å². The molecule has 1 rings (SSSR count). The highest BCUT2D eigenvalue weighted by Crippen LogP contribution is 2.04. The number of nitrogens with zero attached hydrogens (tertiary/aromatic N) is 2. The molecule has 1 heterocycles. The van der Waals surface area contributed by atoms with Gasteiger partial charge in [0.1, 0.15) is 12.4 Å². The van der Waals surface area contributed by atoms with Gasteiger partial charge in [-0.2, -0.15) is 0 Å². The van der Waals surface area contributed by atoms with Gasteiger partial charge >= 0.3 is 0 Å². The van der Waals surface area contributed by atoms with Crippen molar-refractivity contribution < 1.29 is 17.5 Å². The molecule has 0 spiro atoms. The highest BCUT2D eigenvalue weighted by molar-refractivity contribution is 7.85. The number of imidazole rings is 1. The Morgan fingerprint density at radius 2 is 1.73 bits per heavy atom. The van der Waals surface area contributed by atoms with Crippen LogP contribution in [0.5, 0.6) is 0 Å². The number of aromatic nitrogens is 2. The third kappa shape index (κ3) is 10.8. The van der Waals surface area contributed by atoms with Crippen LogP contribution in [-0.2, 0) is 23.2 Å². The number of hydrogen-bond donors (Lipinski definition) is 0. The van der Waals surface area contributed by atoms with Crippen LogP contribution >= 0.6 is 0 Å². The molecule has 22 heavy (non-hydrogen) atoms. The predicted molar refractivity (Wildman–Crippen MR) is 88.5 cm³/mol. The van der Waals surface area contributed by atoms with Crippen LogP contribution in [0.3, 0.4) is 0 Å². The SMILES string of the molecule is C.CCCCCCCC[n+]1ccn(CCCCS(=O)(=O)[O-])c1. The maximum absolute atomic E-state index is 10.5. The minimum Gasteiger partial charge on any atom is -0.748 e. The second-order valence-corrected chi connectivity index (χ2v) is 7.15. The van der Waals surface area contributed by atoms with Gasteiger partial charge in [0.05, 0.1) is 23.2 Å². The van der Waals surface area contributed by atoms with Crippen molar-refractivity contribution in [3.8, 4) is 0 Å². The lowest BCUT2D eigenvalue weighted by Crippen LogP contribution is -2.30. The van der Waals surface area contributed by atoms with Crippen molar-refractivity contribution in [2.24, 2.45) is 0 Å². The summed E-state index contributed by atoms with van der Waals surface area (Å²) in [5.74, 6) is -0.258. The maximum Gasteiger partial charge on any atom is 0.243 e. The van der Waals surface area contributed by atoms with Crippen LogP contribution in [0.2, 0.25) is 0 Å². The van der Waals surface area contributed by atoms with Crippen molar-refractivity contribution in [1.29, 1.82) is 0 Å². The molecule has 5 nitrogen and oxygen atoms in total. The highest BCUT2D eigenvalue weighted by atomic mass is 32.2. The first-order chi connectivity index (χ1) is 10.0. The first-order valence-electron chi connectivity index (χ1n) is 7.99. The van der Waals surface area contributed by atoms with E-state index in [0.29, 0.717) is 12.8 Å². The number of rotatable bonds is 12. The smallest absolute Gasteiger partial charge is 0.243 e. The Bertz CT molecular complexity index is 483. The van der Waals surface area contributed by atoms with E-state index in [4.69, 9.17) is 0 Å². The molecule has 130 valence electrons. The van der Waals surface area contributed by atoms with Crippen LogP contribution in [0.4, 0.5) is 0 Å². The third-order valence-corrected chi connectivity index (χ3v) is 4.37. The maximum atomic E-state index is 10.5. The van der Waals surface area contributed by atoms with Crippen LogP contribution in [0.15, 0.2) is 18.7 Å². The first-order valence-corrected chi connectivity index (χ1v) is 9.57. The lowest BCUT2D eigenvalue weighted by molar-refractivity contribution is -0.696. The first kappa shape index (κ1) is 21.1. The Labute approximate surface area is 136 Å². The average Bonchev–Trinajstić information content (AvgIpc) is 2.86. The summed E-state index contributed by atoms with van der Waals surface area (Å²) in [5, 5.41) is 0. The van der Waals surface area contributed by atoms with Crippen LogP contribution in [0.1, 0.15) is 65.7 Å². The number of unbranched alkanes of at least 4 members (excludes halogenated alkanes) is 6. The fourth-order valence-corrected chi connectivity index (χ4v) is 2.91. The van der Waals surface area contributed by atoms with Crippen LogP contribution in [-0.4, -0.2) is 23.3 Å². The lowest BCUT2D eigenvalue weighted by atomic mass is 10.1. The molecule has 0 aromatic carbocycles. The lowest BCUT2D eigenvalue weighted by Gasteiger charge is -2.04. The van der Waals surface area contributed by atoms with Crippen LogP contribution in [0, 0.1) is 0 Å². The Kier molecular flexibility index (Phi) is 11.2. The summed E-state index contributed by atoms with van der Waals surface area (Å²) in [5.41, 5.74) is 0. The van der Waals surface area contributed by atoms with E-state index in [2.05, 4.69) is 28.6 Å². The molecular weight excluding hydrogens is 300 g/mol. The molecule has 1 aromatic heterocycles. The molecule has 0 aliphatic carbocycles. The van der Waals surface area contributed by atoms with Gasteiger partial charge in [-0.15, -0.1) is 0 Å². The third-order valence-electron chi connectivity index (χ3n) is 3.58. The monoisotopic (exact) mass is 332 g/mol. The fourth-order valence-electron chi connectivity index (χ4n) is 2.35. The summed E-state index contributed by atoms with van der Waals surface area (Å²) < 4.78 is 35.7. The molecule has 0 aliphatic rings. The van der Waals surface area contributed by atoms with Crippen LogP contribution in [0.25, 0.3) is 0 Å². The fraction of sp³-hybridized carbons (Fsp3) is 0.812. The Balaban J connectivity index is 0.00000441. The Morgan fingerprint density at radius 3 is 2.41 bits per heavy atom. The molecule has 0 amide bonds. The molecule has 0 aliphatic heterocycles. The van der Waals surface area contributed by atoms with E-state index in [1.165, 1.54) is 38.5 Å². The summed E-state index contributed by atoms with van der Waals surface area (Å²) in [6.45, 7) is 4.03. The van der Waals surface area contributed by atoms with Crippen molar-refractivity contribution in [2.45, 2.75) is 78.8 Å². The van der Waals surface area contributed by atoms with Gasteiger partial charge in [0.2, 0.25) is 6.33 Å². The molecule has 0 saturated heterocycles. The molecule has 0 bridgehead atoms. The summed E-state index contributed by atoms with van der Waals surface area (Å²) >= 11 is 0. The van der Waals surface area contributed by atoms with Gasteiger partial charge in [-0.25, -0.2) is 17.6 Å². The van der Waals surface area contributed by atoms with Gasteiger partial charge in [-0.1, -0.05) is 40.0 Å². The zero-order valence-corrected chi connectivity index (χ0v) is 13.9. The van der Waals surface area contributed by atoms with Gasteiger partial charge in [0.15, 0.2) is 0 Å². The van der Waals surface area contributed by atoms with Gasteiger partial charge < -0.3 is 4.55 Å². The molecule has 0 unspecified atom stereocenters. The zero-order valence-electron chi connectivity index (χ0n) is 13.0. The molecule has 0 radical (unpaired) electrons. The zero-order chi connectivity index (χ0) is 15.6. The van der Waals surface area contributed by atoms with E-state index in [9.17, 15) is 13.0 Å². The van der Waals surface area contributed by atoms with Gasteiger partial charge in [-0.05, 0) is 25.7 Å². The molecule has 1 aromatic rings. The Hall–Kier alpha value is -0.880. The van der Waals surface area contributed by atoms with E-state index < -0.39 is 10.1 Å². The highest BCUT2D eigenvalue weighted by Gasteiger charge is 2.04. The van der Waals surface area contributed by atoms with Crippen molar-refractivity contribution in [2.75, 3.05) is 5.75 Å². The summed E-state index contributed by atoms with van der Waals surface area (Å²) in [4.78, 5) is 0. The molecule has 0 N–H and O–H groups in total. The van der Waals surface area contributed by atoms with Gasteiger partial charge in [0.25, 0.3) is 0 Å². The van der Waals surface area contributed by atoms with Crippen molar-refractivity contribution in [3.63, 3.8) is 0 Å². The number of aryl methyl sites for hydroxylation is 2. The molecular formula is C16H32N2O3S. The molecule has 0 fully saturated rings. The van der Waals surface area contributed by atoms with Crippen molar-refractivity contribution >= 4 is 10.1 Å². The number of hydrogen-bond acceptors (Lipinski definition) is 3. The predicted octanol–water partition coefficient (Wildman–Crippen LogP) is 3.10. The van der Waals surface area contributed by atoms with E-state index in [-0.39, 0.29) is 13.2 Å². The summed E-state index contributed by atoms with van der Waals surface area (Å²) in [6.07, 6.45) is 15.0. The molecule has 6 heteroatoms. The normalized spacial score (nSPS) is 11.4. The van der Waals surface area contributed by atoms with E-state index in [1.807, 2.05) is 6.20 Å². The summed E-state index contributed by atoms with van der Waals surface area (Å²) in [7, 11) is -4.06. The largest absolute Gasteiger partial charge is 0.748 e. The minimum absolute atomic E-state index is 0. The second kappa shape index (κ2) is 11.7. The van der Waals surface area contributed by atoms with E-state index in [0.717, 1.165) is 13.1 Å². The van der Waals surface area contributed by atoms with E-state index >= 15 is 0 Å². The summed E-state index contributed by atoms with van der Waals surface area (Å²) in [6, 6.07) is 0. The Morgan fingerprint density at radius 1 is 1.05 bits per heavy atom. The quantitative estimate of drug-likeness (QED) is 0.335. The van der Waals surface area contributed by atoms with Gasteiger partial charge in [0, 0.05) is 5.75 Å².